The summed E-state index contributed by atoms with van der Waals surface area (Å²) in [5.41, 5.74) is 0.306. The van der Waals surface area contributed by atoms with Gasteiger partial charge in [-0.3, -0.25) is 4.57 Å². The van der Waals surface area contributed by atoms with E-state index in [1.807, 2.05) is 6.92 Å². The Bertz CT molecular complexity index is 666. The third-order valence-corrected chi connectivity index (χ3v) is 4.01. The molecule has 0 bridgehead atoms. The van der Waals surface area contributed by atoms with Crippen molar-refractivity contribution in [1.29, 1.82) is 0 Å². The molecule has 0 spiro atoms. The van der Waals surface area contributed by atoms with Crippen LogP contribution in [0.1, 0.15) is 38.6 Å². The molecule has 2 heterocycles. The lowest BCUT2D eigenvalue weighted by atomic mass is 9.83. The number of H-pyrrole nitrogens is 1. The molecule has 0 atom stereocenters. The first-order valence-electron chi connectivity index (χ1n) is 6.31. The van der Waals surface area contributed by atoms with E-state index in [0.717, 1.165) is 12.8 Å². The second kappa shape index (κ2) is 4.31. The maximum Gasteiger partial charge on any atom is 0.327 e. The van der Waals surface area contributed by atoms with Crippen molar-refractivity contribution < 1.29 is 5.11 Å². The third kappa shape index (κ3) is 2.26. The number of aliphatic hydroxyl groups is 1. The van der Waals surface area contributed by atoms with E-state index in [1.165, 1.54) is 6.20 Å². The number of hydrogen-bond donors (Lipinski definition) is 2. The van der Waals surface area contributed by atoms with E-state index < -0.39 is 5.60 Å². The Morgan fingerprint density at radius 1 is 1.53 bits per heavy atom. The van der Waals surface area contributed by atoms with E-state index in [1.54, 1.807) is 4.57 Å². The van der Waals surface area contributed by atoms with Crippen molar-refractivity contribution in [1.82, 2.24) is 19.5 Å². The van der Waals surface area contributed by atoms with Gasteiger partial charge in [-0.15, -0.1) is 0 Å². The van der Waals surface area contributed by atoms with Gasteiger partial charge in [-0.2, -0.15) is 4.98 Å². The molecule has 0 aromatic carbocycles. The Labute approximate surface area is 114 Å². The molecule has 6 nitrogen and oxygen atoms in total. The topological polar surface area (TPSA) is 83.8 Å². The molecule has 2 aromatic rings. The monoisotopic (exact) mass is 282 g/mol. The van der Waals surface area contributed by atoms with Gasteiger partial charge in [-0.1, -0.05) is 0 Å². The predicted molar refractivity (Wildman–Crippen MR) is 71.3 cm³/mol. The molecule has 0 unspecified atom stereocenters. The van der Waals surface area contributed by atoms with Crippen LogP contribution in [0.25, 0.3) is 11.2 Å². The number of aromatic nitrogens is 4. The second-order valence-electron chi connectivity index (χ2n) is 5.40. The van der Waals surface area contributed by atoms with E-state index in [2.05, 4.69) is 15.0 Å². The number of nitrogens with zero attached hydrogens (tertiary/aromatic N) is 3. The van der Waals surface area contributed by atoms with Crippen molar-refractivity contribution in [3.63, 3.8) is 0 Å². The molecule has 1 fully saturated rings. The first-order valence-corrected chi connectivity index (χ1v) is 6.69. The summed E-state index contributed by atoms with van der Waals surface area (Å²) in [6.45, 7) is 1.83. The number of imidazole rings is 1. The van der Waals surface area contributed by atoms with E-state index in [9.17, 15) is 9.90 Å². The summed E-state index contributed by atoms with van der Waals surface area (Å²) in [7, 11) is 0. The second-order valence-corrected chi connectivity index (χ2v) is 5.74. The molecule has 1 aliphatic rings. The Balaban J connectivity index is 2.03. The Morgan fingerprint density at radius 3 is 2.89 bits per heavy atom. The van der Waals surface area contributed by atoms with Crippen LogP contribution in [0.3, 0.4) is 0 Å². The van der Waals surface area contributed by atoms with Crippen LogP contribution in [0.5, 0.6) is 0 Å². The highest BCUT2D eigenvalue weighted by Crippen LogP contribution is 2.34. The van der Waals surface area contributed by atoms with Gasteiger partial charge >= 0.3 is 5.69 Å². The van der Waals surface area contributed by atoms with E-state index in [4.69, 9.17) is 11.6 Å². The van der Waals surface area contributed by atoms with Crippen molar-refractivity contribution in [2.24, 2.45) is 0 Å². The normalized spacial score (nSPS) is 27.8. The minimum Gasteiger partial charge on any atom is -0.390 e. The van der Waals surface area contributed by atoms with Gasteiger partial charge in [0.05, 0.1) is 11.8 Å². The van der Waals surface area contributed by atoms with Gasteiger partial charge in [0.25, 0.3) is 0 Å². The number of halogens is 1. The average Bonchev–Trinajstić information content (AvgIpc) is 2.65. The molecule has 1 saturated carbocycles. The summed E-state index contributed by atoms with van der Waals surface area (Å²) < 4.78 is 1.64. The molecule has 3 rings (SSSR count). The van der Waals surface area contributed by atoms with Crippen LogP contribution in [0.15, 0.2) is 11.0 Å². The average molecular weight is 283 g/mol. The Hall–Kier alpha value is -1.40. The van der Waals surface area contributed by atoms with Crippen LogP contribution in [-0.4, -0.2) is 30.2 Å². The number of nitrogens with one attached hydrogen (secondary N) is 1. The van der Waals surface area contributed by atoms with E-state index in [-0.39, 0.29) is 17.0 Å². The highest BCUT2D eigenvalue weighted by Gasteiger charge is 2.31. The first-order chi connectivity index (χ1) is 8.96. The van der Waals surface area contributed by atoms with Crippen molar-refractivity contribution in [2.45, 2.75) is 44.2 Å². The zero-order valence-corrected chi connectivity index (χ0v) is 11.3. The van der Waals surface area contributed by atoms with E-state index in [0.29, 0.717) is 24.0 Å². The third-order valence-electron chi connectivity index (χ3n) is 3.83. The van der Waals surface area contributed by atoms with Gasteiger partial charge in [-0.25, -0.2) is 9.78 Å². The van der Waals surface area contributed by atoms with Crippen LogP contribution in [-0.2, 0) is 0 Å². The molecule has 19 heavy (non-hydrogen) atoms. The Kier molecular flexibility index (Phi) is 2.87. The van der Waals surface area contributed by atoms with Crippen LogP contribution >= 0.6 is 11.6 Å². The maximum atomic E-state index is 12.0. The lowest BCUT2D eigenvalue weighted by Gasteiger charge is -2.33. The number of rotatable bonds is 1. The van der Waals surface area contributed by atoms with Crippen LogP contribution in [0.4, 0.5) is 0 Å². The summed E-state index contributed by atoms with van der Waals surface area (Å²) in [5, 5.41) is 10.1. The van der Waals surface area contributed by atoms with Gasteiger partial charge in [0.15, 0.2) is 5.65 Å². The zero-order valence-electron chi connectivity index (χ0n) is 10.6. The Morgan fingerprint density at radius 2 is 2.21 bits per heavy atom. The van der Waals surface area contributed by atoms with Crippen molar-refractivity contribution in [3.8, 4) is 0 Å². The molecule has 2 aromatic heterocycles. The fourth-order valence-electron chi connectivity index (χ4n) is 2.72. The predicted octanol–water partition coefficient (Wildman–Crippen LogP) is 1.64. The lowest BCUT2D eigenvalue weighted by molar-refractivity contribution is 0.00997. The standard InChI is InChI=1S/C12H15ClN4O2/c1-12(19)4-2-7(3-5-12)17-9-8(15-11(17)18)6-14-10(13)16-9/h6-7,19H,2-5H2,1H3,(H,15,18). The number of aromatic amines is 1. The molecule has 0 radical (unpaired) electrons. The van der Waals surface area contributed by atoms with Gasteiger partial charge in [0.2, 0.25) is 5.28 Å². The largest absolute Gasteiger partial charge is 0.390 e. The minimum atomic E-state index is -0.626. The van der Waals surface area contributed by atoms with Gasteiger partial charge < -0.3 is 10.1 Å². The summed E-state index contributed by atoms with van der Waals surface area (Å²) >= 11 is 5.79. The molecule has 7 heteroatoms. The first kappa shape index (κ1) is 12.6. The highest BCUT2D eigenvalue weighted by atomic mass is 35.5. The summed E-state index contributed by atoms with van der Waals surface area (Å²) in [6, 6.07) is 0.0486. The molecule has 0 amide bonds. The maximum absolute atomic E-state index is 12.0. The van der Waals surface area contributed by atoms with Crippen molar-refractivity contribution >= 4 is 22.8 Å². The van der Waals surface area contributed by atoms with Gasteiger partial charge in [0, 0.05) is 6.04 Å². The minimum absolute atomic E-state index is 0.0486. The van der Waals surface area contributed by atoms with Gasteiger partial charge in [-0.05, 0) is 44.2 Å². The lowest BCUT2D eigenvalue weighted by Crippen LogP contribution is -2.34. The summed E-state index contributed by atoms with van der Waals surface area (Å²) in [6.07, 6.45) is 4.37. The summed E-state index contributed by atoms with van der Waals surface area (Å²) in [5.74, 6) is 0. The fraction of sp³-hybridized carbons (Fsp3) is 0.583. The molecule has 0 aliphatic heterocycles. The zero-order chi connectivity index (χ0) is 13.6. The highest BCUT2D eigenvalue weighted by molar-refractivity contribution is 6.28. The molecule has 0 saturated heterocycles. The van der Waals surface area contributed by atoms with Crippen LogP contribution in [0.2, 0.25) is 5.28 Å². The molecular weight excluding hydrogens is 268 g/mol. The van der Waals surface area contributed by atoms with Gasteiger partial charge in [0.1, 0.15) is 5.52 Å². The number of fused-ring (bicyclic) bond motifs is 1. The van der Waals surface area contributed by atoms with Crippen molar-refractivity contribution in [2.75, 3.05) is 0 Å². The van der Waals surface area contributed by atoms with Crippen molar-refractivity contribution in [3.05, 3.63) is 22.0 Å². The summed E-state index contributed by atoms with van der Waals surface area (Å²) in [4.78, 5) is 22.8. The van der Waals surface area contributed by atoms with E-state index >= 15 is 0 Å². The van der Waals surface area contributed by atoms with Crippen LogP contribution < -0.4 is 5.69 Å². The SMILES string of the molecule is CC1(O)CCC(n2c(=O)[nH]c3cnc(Cl)nc32)CC1. The van der Waals surface area contributed by atoms with Crippen LogP contribution in [0, 0.1) is 0 Å². The number of hydrogen-bond acceptors (Lipinski definition) is 4. The molecule has 1 aliphatic carbocycles. The quantitative estimate of drug-likeness (QED) is 0.779. The smallest absolute Gasteiger partial charge is 0.327 e. The molecule has 102 valence electrons. The fourth-order valence-corrected chi connectivity index (χ4v) is 2.85. The molecular formula is C12H15ClN4O2. The molecule has 2 N–H and O–H groups in total.